The lowest BCUT2D eigenvalue weighted by Crippen LogP contribution is -2.45. The summed E-state index contributed by atoms with van der Waals surface area (Å²) in [7, 11) is 4.15. The van der Waals surface area contributed by atoms with Gasteiger partial charge in [-0.3, -0.25) is 14.6 Å². The molecule has 1 amide bonds. The van der Waals surface area contributed by atoms with Crippen molar-refractivity contribution in [2.45, 2.75) is 270 Å². The molecule has 0 saturated heterocycles. The zero-order valence-corrected chi connectivity index (χ0v) is 39.8. The van der Waals surface area contributed by atoms with Crippen molar-refractivity contribution in [2.24, 2.45) is 0 Å². The zero-order chi connectivity index (χ0) is 44.9. The van der Waals surface area contributed by atoms with Gasteiger partial charge in [0.15, 0.2) is 0 Å². The lowest BCUT2D eigenvalue weighted by atomic mass is 9.98. The molecule has 3 unspecified atom stereocenters. The predicted molar refractivity (Wildman–Crippen MR) is 239 cm³/mol. The summed E-state index contributed by atoms with van der Waals surface area (Å²) in [6.07, 6.45) is 24.1. The quantitative estimate of drug-likeness (QED) is 0.0364. The van der Waals surface area contributed by atoms with Crippen LogP contribution in [-0.4, -0.2) is 79.8 Å². The Kier molecular flexibility index (Phi) is 37.5. The Bertz CT molecular complexity index is 1030. The van der Waals surface area contributed by atoms with Crippen LogP contribution in [0.1, 0.15) is 234 Å². The van der Waals surface area contributed by atoms with Crippen molar-refractivity contribution in [1.29, 1.82) is 0 Å². The van der Waals surface area contributed by atoms with Crippen molar-refractivity contribution < 1.29 is 47.5 Å². The predicted octanol–water partition coefficient (Wildman–Crippen LogP) is 12.9. The Morgan fingerprint density at radius 3 is 1.57 bits per heavy atom. The molecule has 10 nitrogen and oxygen atoms in total. The standard InChI is InChI=1S/C48H92F2N2O8/c1-9-15-17-18-19-20-22-26-32-40(33-27-25-29-35-44(56-39-31-16-10-2)48(49,50)47(55)60-58-43(13-5)14-6)51-45(53)38-37-41(52(7)8)34-28-23-21-24-30-36-46(54)59-57-42(11-3)12-4/h40-44H,9-39H2,1-8H3,(H,51,53). The highest BCUT2D eigenvalue weighted by molar-refractivity contribution is 5.78. The van der Waals surface area contributed by atoms with E-state index < -0.39 is 24.1 Å². The number of carbonyl (C=O) groups is 3. The first-order valence-electron chi connectivity index (χ1n) is 24.6. The number of nitrogens with one attached hydrogen (secondary N) is 1. The van der Waals surface area contributed by atoms with Gasteiger partial charge in [-0.2, -0.15) is 18.6 Å². The highest BCUT2D eigenvalue weighted by atomic mass is 19.3. The molecule has 3 atom stereocenters. The maximum absolute atomic E-state index is 15.4. The van der Waals surface area contributed by atoms with E-state index in [0.29, 0.717) is 51.0 Å². The summed E-state index contributed by atoms with van der Waals surface area (Å²) < 4.78 is 36.4. The van der Waals surface area contributed by atoms with Gasteiger partial charge in [-0.15, -0.1) is 0 Å². The third-order valence-electron chi connectivity index (χ3n) is 11.7. The van der Waals surface area contributed by atoms with Gasteiger partial charge >= 0.3 is 17.9 Å². The Balaban J connectivity index is 5.07. The molecule has 0 aliphatic heterocycles. The molecule has 0 rings (SSSR count). The first-order valence-corrected chi connectivity index (χ1v) is 24.6. The molecule has 0 heterocycles. The van der Waals surface area contributed by atoms with Crippen LogP contribution < -0.4 is 5.32 Å². The van der Waals surface area contributed by atoms with E-state index in [4.69, 9.17) is 19.4 Å². The number of alkyl halides is 2. The molecule has 60 heavy (non-hydrogen) atoms. The number of rotatable bonds is 43. The number of nitrogens with zero attached hydrogens (tertiary/aromatic N) is 1. The Morgan fingerprint density at radius 2 is 1.02 bits per heavy atom. The van der Waals surface area contributed by atoms with Gasteiger partial charge < -0.3 is 15.0 Å². The van der Waals surface area contributed by atoms with E-state index in [9.17, 15) is 14.4 Å². The second kappa shape index (κ2) is 38.8. The monoisotopic (exact) mass is 863 g/mol. The van der Waals surface area contributed by atoms with Crippen molar-refractivity contribution >= 4 is 17.8 Å². The van der Waals surface area contributed by atoms with Crippen molar-refractivity contribution in [3.05, 3.63) is 0 Å². The lowest BCUT2D eigenvalue weighted by molar-refractivity contribution is -0.318. The minimum absolute atomic E-state index is 0.0306. The maximum atomic E-state index is 15.4. The molecule has 0 aromatic rings. The summed E-state index contributed by atoms with van der Waals surface area (Å²) in [5.74, 6) is -5.75. The van der Waals surface area contributed by atoms with Gasteiger partial charge in [0.25, 0.3) is 0 Å². The molecule has 0 bridgehead atoms. The molecule has 356 valence electrons. The highest BCUT2D eigenvalue weighted by Crippen LogP contribution is 2.29. The zero-order valence-electron chi connectivity index (χ0n) is 39.8. The number of hydrogen-bond acceptors (Lipinski definition) is 9. The Labute approximate surface area is 365 Å². The van der Waals surface area contributed by atoms with Gasteiger partial charge in [0.05, 0.1) is 0 Å². The van der Waals surface area contributed by atoms with Gasteiger partial charge in [0.2, 0.25) is 5.91 Å². The van der Waals surface area contributed by atoms with Crippen LogP contribution in [0.2, 0.25) is 0 Å². The summed E-state index contributed by atoms with van der Waals surface area (Å²) in [4.78, 5) is 59.8. The third-order valence-corrected chi connectivity index (χ3v) is 11.7. The molecule has 0 aliphatic carbocycles. The summed E-state index contributed by atoms with van der Waals surface area (Å²) in [5, 5.41) is 3.34. The Morgan fingerprint density at radius 1 is 0.550 bits per heavy atom. The minimum Gasteiger partial charge on any atom is -0.371 e. The molecule has 0 spiro atoms. The van der Waals surface area contributed by atoms with E-state index in [1.807, 2.05) is 34.6 Å². The Hall–Kier alpha value is -1.89. The van der Waals surface area contributed by atoms with Gasteiger partial charge in [0, 0.05) is 31.5 Å². The summed E-state index contributed by atoms with van der Waals surface area (Å²) in [6, 6.07) is 0.344. The van der Waals surface area contributed by atoms with Crippen molar-refractivity contribution in [2.75, 3.05) is 20.7 Å². The first kappa shape index (κ1) is 58.1. The topological polar surface area (TPSA) is 113 Å². The summed E-state index contributed by atoms with van der Waals surface area (Å²) >= 11 is 0. The third kappa shape index (κ3) is 30.2. The molecule has 0 saturated carbocycles. The second-order valence-corrected chi connectivity index (χ2v) is 17.2. The largest absolute Gasteiger partial charge is 0.413 e. The number of hydrogen-bond donors (Lipinski definition) is 1. The van der Waals surface area contributed by atoms with E-state index >= 15 is 8.78 Å². The lowest BCUT2D eigenvalue weighted by Gasteiger charge is -2.26. The number of unbranched alkanes of at least 4 members (excludes halogenated alkanes) is 15. The van der Waals surface area contributed by atoms with Crippen LogP contribution in [0.15, 0.2) is 0 Å². The molecule has 0 radical (unpaired) electrons. The van der Waals surface area contributed by atoms with Crippen molar-refractivity contribution in [3.63, 3.8) is 0 Å². The fourth-order valence-corrected chi connectivity index (χ4v) is 7.41. The molecular weight excluding hydrogens is 771 g/mol. The van der Waals surface area contributed by atoms with Crippen LogP contribution in [0.4, 0.5) is 8.78 Å². The van der Waals surface area contributed by atoms with Gasteiger partial charge in [-0.25, -0.2) is 9.59 Å². The average Bonchev–Trinajstić information content (AvgIpc) is 3.23. The molecule has 12 heteroatoms. The SMILES string of the molecule is CCCCCCCCCCC(CCCCCC(OCCCCC)C(F)(F)C(=O)OOC(CC)CC)NC(=O)CCC(CCCCCCCC(=O)OOC(CC)CC)N(C)C. The molecule has 0 aromatic carbocycles. The van der Waals surface area contributed by atoms with E-state index in [-0.39, 0.29) is 37.0 Å². The highest BCUT2D eigenvalue weighted by Gasteiger charge is 2.50. The second-order valence-electron chi connectivity index (χ2n) is 17.2. The van der Waals surface area contributed by atoms with Crippen LogP contribution in [0.25, 0.3) is 0 Å². The fraction of sp³-hybridized carbons (Fsp3) is 0.938. The van der Waals surface area contributed by atoms with E-state index in [1.165, 1.54) is 38.5 Å². The molecule has 0 aliphatic rings. The summed E-state index contributed by atoms with van der Waals surface area (Å²) in [5.41, 5.74) is 0. The van der Waals surface area contributed by atoms with Crippen LogP contribution in [0.3, 0.4) is 0 Å². The smallest absolute Gasteiger partial charge is 0.371 e. The maximum Gasteiger partial charge on any atom is 0.413 e. The average molecular weight is 863 g/mol. The van der Waals surface area contributed by atoms with Crippen LogP contribution >= 0.6 is 0 Å². The number of carbonyl (C=O) groups excluding carboxylic acids is 3. The molecular formula is C48H92F2N2O8. The van der Waals surface area contributed by atoms with E-state index in [2.05, 4.69) is 36.1 Å². The summed E-state index contributed by atoms with van der Waals surface area (Å²) in [6.45, 7) is 12.1. The van der Waals surface area contributed by atoms with Crippen molar-refractivity contribution in [1.82, 2.24) is 10.2 Å². The van der Waals surface area contributed by atoms with Gasteiger partial charge in [-0.05, 0) is 84.7 Å². The van der Waals surface area contributed by atoms with Crippen LogP contribution in [0, 0.1) is 0 Å². The number of amides is 1. The molecule has 0 fully saturated rings. The normalized spacial score (nSPS) is 13.6. The van der Waals surface area contributed by atoms with E-state index in [1.54, 1.807) is 0 Å². The molecule has 0 aromatic heterocycles. The van der Waals surface area contributed by atoms with Crippen LogP contribution in [0.5, 0.6) is 0 Å². The first-order chi connectivity index (χ1) is 28.9. The molecule has 1 N–H and O–H groups in total. The van der Waals surface area contributed by atoms with Gasteiger partial charge in [0.1, 0.15) is 18.3 Å². The van der Waals surface area contributed by atoms with E-state index in [0.717, 1.165) is 103 Å². The minimum atomic E-state index is -3.82. The number of halogens is 2. The van der Waals surface area contributed by atoms with Gasteiger partial charge in [-0.1, -0.05) is 151 Å². The van der Waals surface area contributed by atoms with Crippen LogP contribution in [-0.2, 0) is 38.7 Å². The number of ether oxygens (including phenoxy) is 1. The fourth-order valence-electron chi connectivity index (χ4n) is 7.41. The van der Waals surface area contributed by atoms with Crippen molar-refractivity contribution in [3.8, 4) is 0 Å².